The standard InChI is InChI=1S/C15H18N4O2.2ClH/c1-11(19-7-2-5-17-19)15(20)18-13-3-4-14-12(9-13)10-16-6-8-21-14;;/h2-5,7,9,11,16H,6,8,10H2,1H3,(H,18,20);2*1H. The zero-order valence-corrected chi connectivity index (χ0v) is 14.3. The molecule has 126 valence electrons. The predicted octanol–water partition coefficient (Wildman–Crippen LogP) is 2.41. The van der Waals surface area contributed by atoms with Crippen LogP contribution in [0.4, 0.5) is 5.69 Å². The third-order valence-electron chi connectivity index (χ3n) is 3.48. The van der Waals surface area contributed by atoms with E-state index >= 15 is 0 Å². The molecular weight excluding hydrogens is 339 g/mol. The third-order valence-corrected chi connectivity index (χ3v) is 3.48. The number of benzene rings is 1. The maximum atomic E-state index is 12.2. The van der Waals surface area contributed by atoms with Crippen LogP contribution < -0.4 is 15.4 Å². The highest BCUT2D eigenvalue weighted by atomic mass is 35.5. The number of halogens is 2. The molecule has 0 fully saturated rings. The number of carbonyl (C=O) groups excluding carboxylic acids is 1. The number of rotatable bonds is 3. The summed E-state index contributed by atoms with van der Waals surface area (Å²) in [6.45, 7) is 4.05. The molecule has 1 aliphatic rings. The first-order valence-electron chi connectivity index (χ1n) is 7.00. The number of aromatic nitrogens is 2. The molecule has 1 aromatic carbocycles. The van der Waals surface area contributed by atoms with Gasteiger partial charge >= 0.3 is 0 Å². The predicted molar refractivity (Wildman–Crippen MR) is 93.7 cm³/mol. The summed E-state index contributed by atoms with van der Waals surface area (Å²) >= 11 is 0. The lowest BCUT2D eigenvalue weighted by Crippen LogP contribution is -2.24. The Bertz CT molecular complexity index is 634. The van der Waals surface area contributed by atoms with Gasteiger partial charge in [-0.3, -0.25) is 9.48 Å². The van der Waals surface area contributed by atoms with Crippen LogP contribution >= 0.6 is 24.8 Å². The number of hydrogen-bond donors (Lipinski definition) is 2. The smallest absolute Gasteiger partial charge is 0.248 e. The van der Waals surface area contributed by atoms with Gasteiger partial charge in [0.1, 0.15) is 18.4 Å². The van der Waals surface area contributed by atoms with Gasteiger partial charge in [0.2, 0.25) is 5.91 Å². The van der Waals surface area contributed by atoms with Crippen LogP contribution in [0.5, 0.6) is 5.75 Å². The first-order valence-corrected chi connectivity index (χ1v) is 7.00. The molecule has 0 spiro atoms. The van der Waals surface area contributed by atoms with E-state index in [9.17, 15) is 4.79 Å². The van der Waals surface area contributed by atoms with Crippen LogP contribution in [0.2, 0.25) is 0 Å². The van der Waals surface area contributed by atoms with Gasteiger partial charge in [-0.05, 0) is 31.2 Å². The zero-order chi connectivity index (χ0) is 14.7. The van der Waals surface area contributed by atoms with Crippen LogP contribution in [0.25, 0.3) is 0 Å². The number of fused-ring (bicyclic) bond motifs is 1. The fraction of sp³-hybridized carbons (Fsp3) is 0.333. The Morgan fingerprint density at radius 1 is 1.43 bits per heavy atom. The molecule has 0 radical (unpaired) electrons. The van der Waals surface area contributed by atoms with E-state index in [-0.39, 0.29) is 36.8 Å². The number of amides is 1. The summed E-state index contributed by atoms with van der Waals surface area (Å²) in [5, 5.41) is 10.3. The second kappa shape index (κ2) is 8.76. The number of nitrogens with one attached hydrogen (secondary N) is 2. The molecular formula is C15H20Cl2N4O2. The maximum absolute atomic E-state index is 12.2. The van der Waals surface area contributed by atoms with Gasteiger partial charge in [0.05, 0.1) is 0 Å². The second-order valence-electron chi connectivity index (χ2n) is 5.00. The molecule has 0 saturated heterocycles. The van der Waals surface area contributed by atoms with E-state index in [0.29, 0.717) is 6.61 Å². The van der Waals surface area contributed by atoms with Gasteiger partial charge < -0.3 is 15.4 Å². The van der Waals surface area contributed by atoms with Crippen molar-refractivity contribution in [2.75, 3.05) is 18.5 Å². The minimum Gasteiger partial charge on any atom is -0.492 e. The summed E-state index contributed by atoms with van der Waals surface area (Å²) in [4.78, 5) is 12.2. The zero-order valence-electron chi connectivity index (χ0n) is 12.7. The molecule has 0 aliphatic carbocycles. The van der Waals surface area contributed by atoms with Gasteiger partial charge in [-0.25, -0.2) is 0 Å². The quantitative estimate of drug-likeness (QED) is 0.883. The molecule has 2 N–H and O–H groups in total. The van der Waals surface area contributed by atoms with Gasteiger partial charge in [0.25, 0.3) is 0 Å². The van der Waals surface area contributed by atoms with Crippen LogP contribution in [0.3, 0.4) is 0 Å². The average molecular weight is 359 g/mol. The minimum atomic E-state index is -0.354. The Balaban J connectivity index is 0.00000132. The molecule has 8 heteroatoms. The monoisotopic (exact) mass is 358 g/mol. The molecule has 2 aromatic rings. The van der Waals surface area contributed by atoms with Crippen LogP contribution in [-0.2, 0) is 11.3 Å². The van der Waals surface area contributed by atoms with E-state index in [2.05, 4.69) is 15.7 Å². The van der Waals surface area contributed by atoms with E-state index in [4.69, 9.17) is 4.74 Å². The first kappa shape index (κ1) is 19.3. The van der Waals surface area contributed by atoms with E-state index in [1.165, 1.54) is 0 Å². The van der Waals surface area contributed by atoms with Crippen LogP contribution in [0, 0.1) is 0 Å². The van der Waals surface area contributed by atoms with Crippen molar-refractivity contribution in [1.82, 2.24) is 15.1 Å². The fourth-order valence-corrected chi connectivity index (χ4v) is 2.27. The van der Waals surface area contributed by atoms with Gasteiger partial charge in [0, 0.05) is 36.7 Å². The fourth-order valence-electron chi connectivity index (χ4n) is 2.27. The summed E-state index contributed by atoms with van der Waals surface area (Å²) in [6, 6.07) is 7.15. The van der Waals surface area contributed by atoms with E-state index < -0.39 is 0 Å². The van der Waals surface area contributed by atoms with Gasteiger partial charge in [-0.15, -0.1) is 24.8 Å². The molecule has 0 bridgehead atoms. The highest BCUT2D eigenvalue weighted by Gasteiger charge is 2.16. The Morgan fingerprint density at radius 2 is 2.26 bits per heavy atom. The molecule has 1 amide bonds. The molecule has 6 nitrogen and oxygen atoms in total. The molecule has 1 unspecified atom stereocenters. The summed E-state index contributed by atoms with van der Waals surface area (Å²) in [6.07, 6.45) is 3.44. The lowest BCUT2D eigenvalue weighted by atomic mass is 10.1. The van der Waals surface area contributed by atoms with Gasteiger partial charge in [-0.2, -0.15) is 5.10 Å². The van der Waals surface area contributed by atoms with Crippen LogP contribution in [0.15, 0.2) is 36.7 Å². The first-order chi connectivity index (χ1) is 10.2. The van der Waals surface area contributed by atoms with Crippen molar-refractivity contribution >= 4 is 36.4 Å². The molecule has 23 heavy (non-hydrogen) atoms. The highest BCUT2D eigenvalue weighted by Crippen LogP contribution is 2.24. The van der Waals surface area contributed by atoms with E-state index in [1.807, 2.05) is 25.1 Å². The summed E-state index contributed by atoms with van der Waals surface area (Å²) in [5.41, 5.74) is 1.82. The topological polar surface area (TPSA) is 68.2 Å². The van der Waals surface area contributed by atoms with Gasteiger partial charge in [-0.1, -0.05) is 0 Å². The van der Waals surface area contributed by atoms with Crippen molar-refractivity contribution in [3.8, 4) is 5.75 Å². The second-order valence-corrected chi connectivity index (χ2v) is 5.00. The Kier molecular flexibility index (Phi) is 7.35. The maximum Gasteiger partial charge on any atom is 0.248 e. The molecule has 1 aliphatic heterocycles. The van der Waals surface area contributed by atoms with E-state index in [1.54, 1.807) is 23.1 Å². The van der Waals surface area contributed by atoms with Crippen molar-refractivity contribution < 1.29 is 9.53 Å². The Labute approximate surface area is 147 Å². The van der Waals surface area contributed by atoms with Crippen molar-refractivity contribution in [3.63, 3.8) is 0 Å². The Hall–Kier alpha value is -1.76. The minimum absolute atomic E-state index is 0. The number of anilines is 1. The molecule has 1 atom stereocenters. The lowest BCUT2D eigenvalue weighted by Gasteiger charge is -2.14. The molecule has 3 rings (SSSR count). The largest absolute Gasteiger partial charge is 0.492 e. The van der Waals surface area contributed by atoms with Crippen molar-refractivity contribution in [3.05, 3.63) is 42.2 Å². The SMILES string of the molecule is CC(C(=O)Nc1ccc2c(c1)CNCCO2)n1cccn1.Cl.Cl. The number of hydrogen-bond acceptors (Lipinski definition) is 4. The third kappa shape index (κ3) is 4.60. The van der Waals surface area contributed by atoms with Crippen LogP contribution in [0.1, 0.15) is 18.5 Å². The summed E-state index contributed by atoms with van der Waals surface area (Å²) in [7, 11) is 0. The normalized spacial score (nSPS) is 14.1. The molecule has 2 heterocycles. The van der Waals surface area contributed by atoms with E-state index in [0.717, 1.165) is 30.1 Å². The van der Waals surface area contributed by atoms with Crippen molar-refractivity contribution in [2.24, 2.45) is 0 Å². The average Bonchev–Trinajstić information content (AvgIpc) is 2.92. The summed E-state index contributed by atoms with van der Waals surface area (Å²) in [5.74, 6) is 0.777. The van der Waals surface area contributed by atoms with Crippen molar-refractivity contribution in [2.45, 2.75) is 19.5 Å². The number of nitrogens with zero attached hydrogens (tertiary/aromatic N) is 2. The number of carbonyl (C=O) groups is 1. The molecule has 1 aromatic heterocycles. The highest BCUT2D eigenvalue weighted by molar-refractivity contribution is 5.93. The van der Waals surface area contributed by atoms with Crippen LogP contribution in [-0.4, -0.2) is 28.8 Å². The van der Waals surface area contributed by atoms with Gasteiger partial charge in [0.15, 0.2) is 0 Å². The molecule has 0 saturated carbocycles. The lowest BCUT2D eigenvalue weighted by molar-refractivity contribution is -0.119. The Morgan fingerprint density at radius 3 is 3.00 bits per heavy atom. The number of ether oxygens (including phenoxy) is 1. The van der Waals surface area contributed by atoms with Crippen molar-refractivity contribution in [1.29, 1.82) is 0 Å². The summed E-state index contributed by atoms with van der Waals surface area (Å²) < 4.78 is 7.25.